The average Bonchev–Trinajstić information content (AvgIpc) is 2.29. The number of halogens is 7. The van der Waals surface area contributed by atoms with Gasteiger partial charge in [0.2, 0.25) is 0 Å². The summed E-state index contributed by atoms with van der Waals surface area (Å²) in [5.41, 5.74) is 0. The quantitative estimate of drug-likeness (QED) is 0.241. The molecule has 0 atom stereocenters. The molecule has 134 valence electrons. The first kappa shape index (κ1) is 26.3. The van der Waals surface area contributed by atoms with Crippen molar-refractivity contribution in [3.05, 3.63) is 0 Å². The Morgan fingerprint density at radius 1 is 0.696 bits per heavy atom. The van der Waals surface area contributed by atoms with E-state index in [1.165, 1.54) is 0 Å². The second-order valence-electron chi connectivity index (χ2n) is 4.91. The van der Waals surface area contributed by atoms with Gasteiger partial charge in [-0.25, -0.2) is 8.42 Å². The van der Waals surface area contributed by atoms with Crippen LogP contribution in [-0.2, 0) is 10.1 Å². The summed E-state index contributed by atoms with van der Waals surface area (Å²) in [6.07, 6.45) is -6.43. The topological polar surface area (TPSA) is 57.2 Å². The Labute approximate surface area is 172 Å². The van der Waals surface area contributed by atoms with Crippen LogP contribution in [0.1, 0.15) is 51.4 Å². The van der Waals surface area contributed by atoms with Gasteiger partial charge in [-0.3, -0.25) is 0 Å². The van der Waals surface area contributed by atoms with Gasteiger partial charge in [-0.15, -0.1) is 0 Å². The normalized spacial score (nSPS) is 13.7. The Balaban J connectivity index is 0. The van der Waals surface area contributed by atoms with Crippen molar-refractivity contribution in [3.63, 3.8) is 0 Å². The Hall–Kier alpha value is 1.06. The van der Waals surface area contributed by atoms with E-state index in [1.54, 1.807) is 0 Å². The van der Waals surface area contributed by atoms with Crippen LogP contribution in [0.25, 0.3) is 0 Å². The third kappa shape index (κ3) is 9.95. The van der Waals surface area contributed by atoms with E-state index >= 15 is 0 Å². The Bertz CT molecular complexity index is 437. The van der Waals surface area contributed by atoms with Crippen LogP contribution in [0.2, 0.25) is 0 Å². The van der Waals surface area contributed by atoms with Crippen LogP contribution in [0.4, 0.5) is 30.7 Å². The summed E-state index contributed by atoms with van der Waals surface area (Å²) in [4.78, 5) is 0. The summed E-state index contributed by atoms with van der Waals surface area (Å²) >= 11 is 0. The molecule has 0 aromatic carbocycles. The molecule has 0 aliphatic rings. The van der Waals surface area contributed by atoms with Crippen LogP contribution in [0.3, 0.4) is 0 Å². The van der Waals surface area contributed by atoms with Gasteiger partial charge in [0, 0.05) is 12.8 Å². The summed E-state index contributed by atoms with van der Waals surface area (Å²) in [7, 11) is -6.47. The van der Waals surface area contributed by atoms with E-state index in [-0.39, 0.29) is 77.1 Å². The van der Waals surface area contributed by atoms with E-state index in [0.717, 1.165) is 0 Å². The molecular formula is C11H16F7KO3S. The molecule has 12 heteroatoms. The third-order valence-corrected chi connectivity index (χ3v) is 3.87. The molecule has 0 unspecified atom stereocenters. The minimum atomic E-state index is -6.47. The van der Waals surface area contributed by atoms with Gasteiger partial charge < -0.3 is 4.55 Å². The largest absolute Gasteiger partial charge is 1.00 e. The van der Waals surface area contributed by atoms with E-state index in [2.05, 4.69) is 0 Å². The smallest absolute Gasteiger partial charge is 0.743 e. The summed E-state index contributed by atoms with van der Waals surface area (Å²) in [5, 5.41) is -5.67. The van der Waals surface area contributed by atoms with Crippen LogP contribution >= 0.6 is 0 Å². The van der Waals surface area contributed by atoms with Gasteiger partial charge in [-0.1, -0.05) is 25.7 Å². The van der Waals surface area contributed by atoms with Crippen LogP contribution in [0.15, 0.2) is 0 Å². The summed E-state index contributed by atoms with van der Waals surface area (Å²) in [6.45, 7) is 0. The maximum atomic E-state index is 13.0. The van der Waals surface area contributed by atoms with Gasteiger partial charge >= 0.3 is 68.7 Å². The first-order chi connectivity index (χ1) is 9.71. The molecule has 0 saturated carbocycles. The van der Waals surface area contributed by atoms with Crippen molar-refractivity contribution in [2.75, 3.05) is 0 Å². The molecule has 3 nitrogen and oxygen atoms in total. The Kier molecular flexibility index (Phi) is 11.7. The number of unbranched alkanes of at least 4 members (excludes halogenated alkanes) is 5. The zero-order valence-corrected chi connectivity index (χ0v) is 16.4. The van der Waals surface area contributed by atoms with E-state index in [1.807, 2.05) is 0 Å². The molecule has 0 bridgehead atoms. The first-order valence-corrected chi connectivity index (χ1v) is 7.89. The number of rotatable bonds is 10. The molecule has 0 saturated heterocycles. The van der Waals surface area contributed by atoms with E-state index in [4.69, 9.17) is 0 Å². The fourth-order valence-electron chi connectivity index (χ4n) is 1.71. The Morgan fingerprint density at radius 2 is 1.04 bits per heavy atom. The molecule has 0 N–H and O–H groups in total. The minimum absolute atomic E-state index is 0. The predicted octanol–water partition coefficient (Wildman–Crippen LogP) is 1.45. The van der Waals surface area contributed by atoms with Crippen LogP contribution in [-0.4, -0.2) is 30.3 Å². The summed E-state index contributed by atoms with van der Waals surface area (Å²) in [5.74, 6) is -4.97. The van der Waals surface area contributed by atoms with Crippen molar-refractivity contribution in [3.8, 4) is 0 Å². The third-order valence-electron chi connectivity index (χ3n) is 2.94. The molecule has 0 aromatic heterocycles. The van der Waals surface area contributed by atoms with Crippen LogP contribution in [0, 0.1) is 0 Å². The first-order valence-electron chi connectivity index (χ1n) is 6.48. The van der Waals surface area contributed by atoms with Crippen molar-refractivity contribution in [2.24, 2.45) is 0 Å². The van der Waals surface area contributed by atoms with Gasteiger partial charge in [-0.2, -0.15) is 30.7 Å². The number of alkyl halides is 7. The van der Waals surface area contributed by atoms with Crippen molar-refractivity contribution in [2.45, 2.75) is 68.7 Å². The second-order valence-corrected chi connectivity index (χ2v) is 6.33. The molecule has 0 rings (SSSR count). The van der Waals surface area contributed by atoms with E-state index < -0.39 is 46.7 Å². The fraction of sp³-hybridized carbons (Fsp3) is 1.00. The SMILES string of the molecule is O=S(=O)([O-])C(F)(F)C(F)(F)CCCCCCCCC(F)(F)F.[K+]. The van der Waals surface area contributed by atoms with Crippen LogP contribution < -0.4 is 51.4 Å². The van der Waals surface area contributed by atoms with Crippen molar-refractivity contribution in [1.29, 1.82) is 0 Å². The molecule has 0 heterocycles. The van der Waals surface area contributed by atoms with Gasteiger partial charge in [0.15, 0.2) is 10.1 Å². The van der Waals surface area contributed by atoms with Gasteiger partial charge in [0.25, 0.3) is 0 Å². The zero-order chi connectivity index (χ0) is 17.7. The summed E-state index contributed by atoms with van der Waals surface area (Å²) < 4.78 is 117. The second kappa shape index (κ2) is 10.3. The molecule has 0 radical (unpaired) electrons. The maximum absolute atomic E-state index is 13.0. The monoisotopic (exact) mass is 400 g/mol. The Morgan fingerprint density at radius 3 is 1.39 bits per heavy atom. The molecule has 0 aromatic rings. The van der Waals surface area contributed by atoms with E-state index in [0.29, 0.717) is 6.42 Å². The molecular weight excluding hydrogens is 384 g/mol. The zero-order valence-electron chi connectivity index (χ0n) is 12.4. The average molecular weight is 400 g/mol. The minimum Gasteiger partial charge on any atom is -0.743 e. The molecule has 0 aliphatic carbocycles. The van der Waals surface area contributed by atoms with Crippen molar-refractivity contribution >= 4 is 10.1 Å². The molecule has 0 spiro atoms. The van der Waals surface area contributed by atoms with E-state index in [9.17, 15) is 43.7 Å². The van der Waals surface area contributed by atoms with Crippen molar-refractivity contribution in [1.82, 2.24) is 0 Å². The van der Waals surface area contributed by atoms with Gasteiger partial charge in [0.05, 0.1) is 0 Å². The molecule has 23 heavy (non-hydrogen) atoms. The molecule has 0 fully saturated rings. The standard InChI is InChI=1S/C11H17F7O3S.K/c12-9(13,11(17,18)22(19,20)21)7-5-3-1-2-4-6-8-10(14,15)16;/h1-8H2,(H,19,20,21);/q;+1/p-1. The number of hydrogen-bond acceptors (Lipinski definition) is 3. The summed E-state index contributed by atoms with van der Waals surface area (Å²) in [6, 6.07) is 0. The number of hydrogen-bond donors (Lipinski definition) is 0. The van der Waals surface area contributed by atoms with Gasteiger partial charge in [0.1, 0.15) is 0 Å². The molecule has 0 amide bonds. The van der Waals surface area contributed by atoms with Crippen molar-refractivity contribution < 1.29 is 95.1 Å². The predicted molar refractivity (Wildman–Crippen MR) is 62.6 cm³/mol. The van der Waals surface area contributed by atoms with Gasteiger partial charge in [-0.05, 0) is 12.8 Å². The maximum Gasteiger partial charge on any atom is 1.00 e. The van der Waals surface area contributed by atoms with Crippen LogP contribution in [0.5, 0.6) is 0 Å². The molecule has 0 aliphatic heterocycles. The fourth-order valence-corrected chi connectivity index (χ4v) is 2.18.